The quantitative estimate of drug-likeness (QED) is 0.885. The number of nitrogens with one attached hydrogen (secondary N) is 1. The molecule has 0 bridgehead atoms. The minimum atomic E-state index is -0.767. The van der Waals surface area contributed by atoms with E-state index in [-0.39, 0.29) is 18.4 Å². The molecule has 1 atom stereocenters. The highest BCUT2D eigenvalue weighted by molar-refractivity contribution is 6.04. The fraction of sp³-hybridized carbons (Fsp3) is 0.364. The molecule has 0 spiro atoms. The molecule has 1 N–H and O–H groups in total. The molecule has 6 heteroatoms. The Morgan fingerprint density at radius 3 is 2.36 bits per heavy atom. The highest BCUT2D eigenvalue weighted by Gasteiger charge is 2.28. The summed E-state index contributed by atoms with van der Waals surface area (Å²) < 4.78 is 11.4. The first-order valence-corrected chi connectivity index (χ1v) is 9.80. The van der Waals surface area contributed by atoms with Gasteiger partial charge in [0.2, 0.25) is 6.10 Å². The summed E-state index contributed by atoms with van der Waals surface area (Å²) >= 11 is 0. The molecular weight excluding hydrogens is 356 g/mol. The molecule has 0 unspecified atom stereocenters. The molecule has 2 aliphatic heterocycles. The van der Waals surface area contributed by atoms with Crippen LogP contribution in [0, 0.1) is 0 Å². The van der Waals surface area contributed by atoms with Crippen LogP contribution in [0.3, 0.4) is 0 Å². The molecule has 2 aromatic carbocycles. The topological polar surface area (TPSA) is 67.9 Å². The van der Waals surface area contributed by atoms with Gasteiger partial charge in [0.15, 0.2) is 11.5 Å². The van der Waals surface area contributed by atoms with E-state index in [9.17, 15) is 9.59 Å². The Labute approximate surface area is 164 Å². The molecule has 2 amide bonds. The zero-order chi connectivity index (χ0) is 19.3. The highest BCUT2D eigenvalue weighted by Crippen LogP contribution is 2.31. The van der Waals surface area contributed by atoms with E-state index in [4.69, 9.17) is 9.47 Å². The largest absolute Gasteiger partial charge is 0.485 e. The third-order valence-corrected chi connectivity index (χ3v) is 5.11. The van der Waals surface area contributed by atoms with Crippen LogP contribution in [0.1, 0.15) is 36.0 Å². The summed E-state index contributed by atoms with van der Waals surface area (Å²) in [5.74, 6) is 0.806. The van der Waals surface area contributed by atoms with Crippen molar-refractivity contribution in [3.8, 4) is 11.5 Å². The van der Waals surface area contributed by atoms with E-state index in [1.807, 2.05) is 29.2 Å². The molecule has 28 heavy (non-hydrogen) atoms. The number of para-hydroxylation sites is 3. The lowest BCUT2D eigenvalue weighted by atomic mass is 10.1. The lowest BCUT2D eigenvalue weighted by Gasteiger charge is -2.26. The van der Waals surface area contributed by atoms with E-state index in [0.717, 1.165) is 38.8 Å². The van der Waals surface area contributed by atoms with Gasteiger partial charge in [-0.15, -0.1) is 0 Å². The second kappa shape index (κ2) is 8.33. The van der Waals surface area contributed by atoms with Gasteiger partial charge >= 0.3 is 0 Å². The van der Waals surface area contributed by atoms with Gasteiger partial charge in [0.1, 0.15) is 6.61 Å². The number of carbonyl (C=O) groups excluding carboxylic acids is 2. The average molecular weight is 380 g/mol. The molecule has 2 aliphatic rings. The number of benzene rings is 2. The van der Waals surface area contributed by atoms with Gasteiger partial charge in [0.25, 0.3) is 11.8 Å². The molecule has 146 valence electrons. The Morgan fingerprint density at radius 1 is 0.893 bits per heavy atom. The Hall–Kier alpha value is -3.02. The Bertz CT molecular complexity index is 859. The maximum Gasteiger partial charge on any atom is 0.269 e. The van der Waals surface area contributed by atoms with Crippen LogP contribution in [0.4, 0.5) is 5.69 Å². The van der Waals surface area contributed by atoms with Crippen molar-refractivity contribution in [1.82, 2.24) is 4.90 Å². The number of fused-ring (bicyclic) bond motifs is 1. The first-order chi connectivity index (χ1) is 13.7. The van der Waals surface area contributed by atoms with Gasteiger partial charge in [-0.05, 0) is 37.1 Å². The number of likely N-dealkylation sites (tertiary alicyclic amines) is 1. The van der Waals surface area contributed by atoms with E-state index < -0.39 is 6.10 Å². The SMILES string of the molecule is O=C(Nc1ccccc1C(=O)N1CCCCCC1)[C@H]1COc2ccccc2O1. The minimum Gasteiger partial charge on any atom is -0.485 e. The van der Waals surface area contributed by atoms with Gasteiger partial charge in [0, 0.05) is 13.1 Å². The van der Waals surface area contributed by atoms with Crippen molar-refractivity contribution in [1.29, 1.82) is 0 Å². The van der Waals surface area contributed by atoms with Crippen LogP contribution >= 0.6 is 0 Å². The van der Waals surface area contributed by atoms with E-state index in [0.29, 0.717) is 22.7 Å². The fourth-order valence-corrected chi connectivity index (χ4v) is 3.58. The number of carbonyl (C=O) groups is 2. The van der Waals surface area contributed by atoms with Crippen LogP contribution < -0.4 is 14.8 Å². The molecule has 1 fully saturated rings. The number of hydrogen-bond donors (Lipinski definition) is 1. The highest BCUT2D eigenvalue weighted by atomic mass is 16.6. The van der Waals surface area contributed by atoms with Gasteiger partial charge < -0.3 is 19.7 Å². The minimum absolute atomic E-state index is 0.0380. The van der Waals surface area contributed by atoms with E-state index in [2.05, 4.69) is 5.32 Å². The van der Waals surface area contributed by atoms with Crippen molar-refractivity contribution in [3.05, 3.63) is 54.1 Å². The van der Waals surface area contributed by atoms with Crippen LogP contribution in [0.25, 0.3) is 0 Å². The van der Waals surface area contributed by atoms with Gasteiger partial charge in [0.05, 0.1) is 11.3 Å². The van der Waals surface area contributed by atoms with E-state index in [1.54, 1.807) is 24.3 Å². The predicted molar refractivity (Wildman–Crippen MR) is 106 cm³/mol. The summed E-state index contributed by atoms with van der Waals surface area (Å²) in [7, 11) is 0. The van der Waals surface area contributed by atoms with Crippen molar-refractivity contribution in [2.24, 2.45) is 0 Å². The van der Waals surface area contributed by atoms with Crippen LogP contribution in [0.5, 0.6) is 11.5 Å². The number of amides is 2. The molecular formula is C22H24N2O4. The molecule has 2 heterocycles. The standard InChI is InChI=1S/C22H24N2O4/c25-21(20-15-27-18-11-5-6-12-19(18)28-20)23-17-10-4-3-9-16(17)22(26)24-13-7-1-2-8-14-24/h3-6,9-12,20H,1-2,7-8,13-15H2,(H,23,25)/t20-/m1/s1. The third-order valence-electron chi connectivity index (χ3n) is 5.11. The first kappa shape index (κ1) is 18.3. The summed E-state index contributed by atoms with van der Waals surface area (Å²) in [6.07, 6.45) is 3.58. The molecule has 0 radical (unpaired) electrons. The zero-order valence-corrected chi connectivity index (χ0v) is 15.7. The van der Waals surface area contributed by atoms with Crippen LogP contribution in [0.15, 0.2) is 48.5 Å². The number of hydrogen-bond acceptors (Lipinski definition) is 4. The van der Waals surface area contributed by atoms with Gasteiger partial charge in [-0.25, -0.2) is 0 Å². The van der Waals surface area contributed by atoms with E-state index >= 15 is 0 Å². The summed E-state index contributed by atoms with van der Waals surface area (Å²) in [6, 6.07) is 14.4. The molecule has 6 nitrogen and oxygen atoms in total. The van der Waals surface area contributed by atoms with E-state index in [1.165, 1.54) is 0 Å². The van der Waals surface area contributed by atoms with Crippen molar-refractivity contribution < 1.29 is 19.1 Å². The molecule has 0 aliphatic carbocycles. The average Bonchev–Trinajstić information content (AvgIpc) is 3.03. The van der Waals surface area contributed by atoms with Crippen LogP contribution in [-0.2, 0) is 4.79 Å². The Balaban J connectivity index is 1.48. The summed E-state index contributed by atoms with van der Waals surface area (Å²) in [4.78, 5) is 27.6. The van der Waals surface area contributed by atoms with Crippen LogP contribution in [0.2, 0.25) is 0 Å². The second-order valence-corrected chi connectivity index (χ2v) is 7.11. The number of nitrogens with zero attached hydrogens (tertiary/aromatic N) is 1. The van der Waals surface area contributed by atoms with Crippen molar-refractivity contribution in [3.63, 3.8) is 0 Å². The fourth-order valence-electron chi connectivity index (χ4n) is 3.58. The Kier molecular flexibility index (Phi) is 5.46. The van der Waals surface area contributed by atoms with Crippen molar-refractivity contribution in [2.45, 2.75) is 31.8 Å². The predicted octanol–water partition coefficient (Wildman–Crippen LogP) is 3.48. The maximum atomic E-state index is 13.0. The van der Waals surface area contributed by atoms with Gasteiger partial charge in [-0.2, -0.15) is 0 Å². The molecule has 1 saturated heterocycles. The lowest BCUT2D eigenvalue weighted by Crippen LogP contribution is -2.40. The number of anilines is 1. The molecule has 0 saturated carbocycles. The molecule has 2 aromatic rings. The maximum absolute atomic E-state index is 13.0. The smallest absolute Gasteiger partial charge is 0.269 e. The first-order valence-electron chi connectivity index (χ1n) is 9.80. The lowest BCUT2D eigenvalue weighted by molar-refractivity contribution is -0.125. The van der Waals surface area contributed by atoms with Gasteiger partial charge in [-0.1, -0.05) is 37.1 Å². The summed E-state index contributed by atoms with van der Waals surface area (Å²) in [5.41, 5.74) is 1.01. The molecule has 0 aromatic heterocycles. The second-order valence-electron chi connectivity index (χ2n) is 7.11. The number of rotatable bonds is 3. The zero-order valence-electron chi connectivity index (χ0n) is 15.7. The normalized spacial score (nSPS) is 18.9. The molecule has 4 rings (SSSR count). The Morgan fingerprint density at radius 2 is 1.57 bits per heavy atom. The summed E-state index contributed by atoms with van der Waals surface area (Å²) in [6.45, 7) is 1.65. The van der Waals surface area contributed by atoms with Crippen LogP contribution in [-0.4, -0.2) is 42.5 Å². The number of ether oxygens (including phenoxy) is 2. The monoisotopic (exact) mass is 380 g/mol. The third kappa shape index (κ3) is 3.96. The van der Waals surface area contributed by atoms with Crippen molar-refractivity contribution >= 4 is 17.5 Å². The van der Waals surface area contributed by atoms with Gasteiger partial charge in [-0.3, -0.25) is 9.59 Å². The summed E-state index contributed by atoms with van der Waals surface area (Å²) in [5, 5.41) is 2.86. The van der Waals surface area contributed by atoms with Crippen molar-refractivity contribution in [2.75, 3.05) is 25.0 Å².